The first kappa shape index (κ1) is 12.1. The van der Waals surface area contributed by atoms with Gasteiger partial charge in [-0.2, -0.15) is 0 Å². The van der Waals surface area contributed by atoms with Gasteiger partial charge >= 0.3 is 0 Å². The average molecular weight is 290 g/mol. The Morgan fingerprint density at radius 3 is 3.00 bits per heavy atom. The van der Waals surface area contributed by atoms with E-state index in [0.29, 0.717) is 16.7 Å². The third kappa shape index (κ3) is 2.66. The molecule has 0 spiro atoms. The van der Waals surface area contributed by atoms with Crippen LogP contribution in [0.5, 0.6) is 0 Å². The minimum atomic E-state index is -1.41. The summed E-state index contributed by atoms with van der Waals surface area (Å²) in [5.41, 5.74) is -1.41. The van der Waals surface area contributed by atoms with Crippen molar-refractivity contribution in [2.24, 2.45) is 0 Å². The van der Waals surface area contributed by atoms with Crippen molar-refractivity contribution in [2.45, 2.75) is 44.3 Å². The summed E-state index contributed by atoms with van der Waals surface area (Å²) in [6, 6.07) is 2.00. The van der Waals surface area contributed by atoms with Gasteiger partial charge in [0.15, 0.2) is 11.4 Å². The smallest absolute Gasteiger partial charge is 0.168 e. The molecule has 0 saturated carbocycles. The van der Waals surface area contributed by atoms with Crippen LogP contribution in [0.15, 0.2) is 21.2 Å². The van der Waals surface area contributed by atoms with Crippen molar-refractivity contribution >= 4 is 15.9 Å². The van der Waals surface area contributed by atoms with E-state index in [-0.39, 0.29) is 6.04 Å². The minimum Gasteiger partial charge on any atom is -0.465 e. The maximum atomic E-state index is 14.5. The molecule has 1 aliphatic heterocycles. The number of hydrogen-bond acceptors (Lipinski definition) is 2. The fourth-order valence-electron chi connectivity index (χ4n) is 2.32. The Morgan fingerprint density at radius 2 is 2.44 bits per heavy atom. The molecule has 1 N–H and O–H groups in total. The van der Waals surface area contributed by atoms with Gasteiger partial charge in [-0.1, -0.05) is 6.42 Å². The highest BCUT2D eigenvalue weighted by molar-refractivity contribution is 9.10. The second-order valence-corrected chi connectivity index (χ2v) is 5.50. The standard InChI is InChI=1S/C12H17BrFNO/c1-12(14,11-10(13)5-7-16-11)8-9-4-2-3-6-15-9/h5,7,9,15H,2-4,6,8H2,1H3. The summed E-state index contributed by atoms with van der Waals surface area (Å²) in [5.74, 6) is 0.403. The number of nitrogens with one attached hydrogen (secondary N) is 1. The van der Waals surface area contributed by atoms with E-state index in [1.807, 2.05) is 0 Å². The number of alkyl halides is 1. The largest absolute Gasteiger partial charge is 0.465 e. The zero-order valence-corrected chi connectivity index (χ0v) is 11.0. The van der Waals surface area contributed by atoms with Gasteiger partial charge in [-0.25, -0.2) is 4.39 Å². The number of piperidine rings is 1. The highest BCUT2D eigenvalue weighted by Gasteiger charge is 2.34. The molecule has 1 aromatic heterocycles. The Bertz CT molecular complexity index is 345. The molecule has 4 heteroatoms. The Hall–Kier alpha value is -0.350. The first-order valence-corrected chi connectivity index (χ1v) is 6.55. The molecular weight excluding hydrogens is 273 g/mol. The van der Waals surface area contributed by atoms with E-state index in [9.17, 15) is 4.39 Å². The van der Waals surface area contributed by atoms with Crippen molar-refractivity contribution in [2.75, 3.05) is 6.54 Å². The fraction of sp³-hybridized carbons (Fsp3) is 0.667. The topological polar surface area (TPSA) is 25.2 Å². The maximum Gasteiger partial charge on any atom is 0.168 e. The molecule has 0 aromatic carbocycles. The molecule has 2 nitrogen and oxygen atoms in total. The second-order valence-electron chi connectivity index (χ2n) is 4.65. The van der Waals surface area contributed by atoms with Crippen LogP contribution in [0, 0.1) is 0 Å². The van der Waals surface area contributed by atoms with Crippen LogP contribution >= 0.6 is 15.9 Å². The molecule has 0 aliphatic carbocycles. The summed E-state index contributed by atoms with van der Waals surface area (Å²) in [6.07, 6.45) is 5.43. The Kier molecular flexibility index (Phi) is 3.70. The van der Waals surface area contributed by atoms with Crippen LogP contribution in [0.2, 0.25) is 0 Å². The highest BCUT2D eigenvalue weighted by Crippen LogP contribution is 2.37. The van der Waals surface area contributed by atoms with Gasteiger partial charge in [0.1, 0.15) is 0 Å². The Labute approximate surface area is 104 Å². The summed E-state index contributed by atoms with van der Waals surface area (Å²) >= 11 is 3.31. The van der Waals surface area contributed by atoms with E-state index in [1.54, 1.807) is 13.0 Å². The number of furan rings is 1. The van der Waals surface area contributed by atoms with Crippen LogP contribution in [0.3, 0.4) is 0 Å². The second kappa shape index (κ2) is 4.88. The lowest BCUT2D eigenvalue weighted by Crippen LogP contribution is -2.38. The SMILES string of the molecule is CC(F)(CC1CCCCN1)c1occc1Br. The molecule has 2 atom stereocenters. The third-order valence-electron chi connectivity index (χ3n) is 3.13. The number of rotatable bonds is 3. The summed E-state index contributed by atoms with van der Waals surface area (Å²) in [6.45, 7) is 2.59. The zero-order valence-electron chi connectivity index (χ0n) is 9.43. The molecule has 2 heterocycles. The van der Waals surface area contributed by atoms with Crippen LogP contribution in [0.1, 0.15) is 38.4 Å². The molecule has 0 amide bonds. The number of hydrogen-bond donors (Lipinski definition) is 1. The molecule has 1 saturated heterocycles. The van der Waals surface area contributed by atoms with Crippen molar-refractivity contribution in [3.63, 3.8) is 0 Å². The fourth-order valence-corrected chi connectivity index (χ4v) is 2.93. The molecular formula is C12H17BrFNO. The van der Waals surface area contributed by atoms with Crippen LogP contribution < -0.4 is 5.32 Å². The van der Waals surface area contributed by atoms with Gasteiger partial charge in [0.25, 0.3) is 0 Å². The third-order valence-corrected chi connectivity index (χ3v) is 3.76. The normalized spacial score (nSPS) is 25.3. The maximum absolute atomic E-state index is 14.5. The Morgan fingerprint density at radius 1 is 1.62 bits per heavy atom. The van der Waals surface area contributed by atoms with E-state index >= 15 is 0 Å². The molecule has 16 heavy (non-hydrogen) atoms. The van der Waals surface area contributed by atoms with Gasteiger partial charge in [-0.15, -0.1) is 0 Å². The van der Waals surface area contributed by atoms with Gasteiger partial charge in [-0.05, 0) is 48.3 Å². The van der Waals surface area contributed by atoms with Crippen molar-refractivity contribution in [1.82, 2.24) is 5.32 Å². The lowest BCUT2D eigenvalue weighted by molar-refractivity contribution is 0.115. The lowest BCUT2D eigenvalue weighted by Gasteiger charge is -2.29. The summed E-state index contributed by atoms with van der Waals surface area (Å²) < 4.78 is 20.5. The van der Waals surface area contributed by atoms with Gasteiger partial charge in [0, 0.05) is 12.5 Å². The molecule has 1 aliphatic rings. The lowest BCUT2D eigenvalue weighted by atomic mass is 9.91. The van der Waals surface area contributed by atoms with Crippen molar-refractivity contribution in [3.8, 4) is 0 Å². The van der Waals surface area contributed by atoms with E-state index in [2.05, 4.69) is 21.2 Å². The van der Waals surface area contributed by atoms with Crippen LogP contribution in [-0.2, 0) is 5.67 Å². The summed E-state index contributed by atoms with van der Waals surface area (Å²) in [4.78, 5) is 0. The van der Waals surface area contributed by atoms with E-state index in [1.165, 1.54) is 19.1 Å². The van der Waals surface area contributed by atoms with Crippen LogP contribution in [0.4, 0.5) is 4.39 Å². The highest BCUT2D eigenvalue weighted by atomic mass is 79.9. The Balaban J connectivity index is 2.04. The molecule has 2 rings (SSSR count). The van der Waals surface area contributed by atoms with Crippen LogP contribution in [-0.4, -0.2) is 12.6 Å². The van der Waals surface area contributed by atoms with E-state index in [4.69, 9.17) is 4.42 Å². The zero-order chi connectivity index (χ0) is 11.6. The predicted octanol–water partition coefficient (Wildman–Crippen LogP) is 3.76. The molecule has 1 aromatic rings. The quantitative estimate of drug-likeness (QED) is 0.917. The molecule has 2 unspecified atom stereocenters. The first-order chi connectivity index (χ1) is 7.59. The van der Waals surface area contributed by atoms with E-state index < -0.39 is 5.67 Å². The summed E-state index contributed by atoms with van der Waals surface area (Å²) in [5, 5.41) is 3.36. The van der Waals surface area contributed by atoms with Gasteiger partial charge < -0.3 is 9.73 Å². The average Bonchev–Trinajstić information content (AvgIpc) is 2.66. The number of halogens is 2. The predicted molar refractivity (Wildman–Crippen MR) is 65.1 cm³/mol. The minimum absolute atomic E-state index is 0.265. The molecule has 0 bridgehead atoms. The van der Waals surface area contributed by atoms with E-state index in [0.717, 1.165) is 13.0 Å². The van der Waals surface area contributed by atoms with Crippen molar-refractivity contribution in [1.29, 1.82) is 0 Å². The first-order valence-electron chi connectivity index (χ1n) is 5.75. The van der Waals surface area contributed by atoms with Gasteiger partial charge in [0.2, 0.25) is 0 Å². The van der Waals surface area contributed by atoms with Crippen LogP contribution in [0.25, 0.3) is 0 Å². The van der Waals surface area contributed by atoms with Gasteiger partial charge in [-0.3, -0.25) is 0 Å². The van der Waals surface area contributed by atoms with Crippen molar-refractivity contribution in [3.05, 3.63) is 22.6 Å². The van der Waals surface area contributed by atoms with Gasteiger partial charge in [0.05, 0.1) is 10.7 Å². The molecule has 0 radical (unpaired) electrons. The monoisotopic (exact) mass is 289 g/mol. The molecule has 1 fully saturated rings. The summed E-state index contributed by atoms with van der Waals surface area (Å²) in [7, 11) is 0. The molecule has 90 valence electrons. The van der Waals surface area contributed by atoms with Crippen molar-refractivity contribution < 1.29 is 8.81 Å².